The molecule has 4 aliphatic heterocycles. The molecule has 4 heterocycles. The summed E-state index contributed by atoms with van der Waals surface area (Å²) in [7, 11) is 0. The number of aliphatic hydroxyl groups is 4. The van der Waals surface area contributed by atoms with E-state index < -0.39 is 114 Å². The fraction of sp³-hybridized carbons (Fsp3) is 0.651. The molecule has 2 aromatic rings. The van der Waals surface area contributed by atoms with Crippen LogP contribution >= 0.6 is 0 Å². The largest absolute Gasteiger partial charge is 0.462 e. The number of fused-ring (bicyclic) bond motifs is 4. The van der Waals surface area contributed by atoms with E-state index in [0.29, 0.717) is 12.0 Å². The van der Waals surface area contributed by atoms with Gasteiger partial charge in [-0.05, 0) is 68.2 Å². The highest BCUT2D eigenvalue weighted by Gasteiger charge is 2.87. The molecule has 4 N–H and O–H groups in total. The van der Waals surface area contributed by atoms with E-state index in [-0.39, 0.29) is 30.9 Å². The van der Waals surface area contributed by atoms with Crippen LogP contribution < -0.4 is 0 Å². The minimum Gasteiger partial charge on any atom is -0.462 e. The molecule has 3 unspecified atom stereocenters. The lowest BCUT2D eigenvalue weighted by atomic mass is 9.52. The Bertz CT molecular complexity index is 1770. The molecule has 13 nitrogen and oxygen atoms in total. The number of esters is 2. The van der Waals surface area contributed by atoms with Crippen LogP contribution in [0.3, 0.4) is 0 Å². The van der Waals surface area contributed by atoms with Crippen LogP contribution in [0.25, 0.3) is 0 Å². The molecule has 56 heavy (non-hydrogen) atoms. The molecule has 13 heteroatoms. The van der Waals surface area contributed by atoms with E-state index >= 15 is 0 Å². The second-order valence-electron chi connectivity index (χ2n) is 17.1. The summed E-state index contributed by atoms with van der Waals surface area (Å²) in [5.74, 6) is -5.96. The van der Waals surface area contributed by atoms with Crippen molar-refractivity contribution in [3.05, 3.63) is 71.8 Å². The van der Waals surface area contributed by atoms with E-state index in [1.54, 1.807) is 60.7 Å². The minimum atomic E-state index is -2.32. The molecule has 4 saturated heterocycles. The van der Waals surface area contributed by atoms with Crippen LogP contribution in [0.2, 0.25) is 0 Å². The molecule has 5 bridgehead atoms. The molecule has 7 fully saturated rings. The third kappa shape index (κ3) is 5.91. The summed E-state index contributed by atoms with van der Waals surface area (Å²) in [5, 5.41) is 49.2. The maximum atomic E-state index is 14.1. The van der Waals surface area contributed by atoms with Gasteiger partial charge in [-0.15, -0.1) is 0 Å². The van der Waals surface area contributed by atoms with Gasteiger partial charge in [0.2, 0.25) is 0 Å². The van der Waals surface area contributed by atoms with Crippen LogP contribution in [-0.4, -0.2) is 111 Å². The average Bonchev–Trinajstić information content (AvgIpc) is 3.95. The first kappa shape index (κ1) is 39.6. The van der Waals surface area contributed by atoms with E-state index in [4.69, 9.17) is 28.4 Å². The first-order valence-corrected chi connectivity index (χ1v) is 20.2. The summed E-state index contributed by atoms with van der Waals surface area (Å²) in [4.78, 5) is 41.7. The molecular weight excluding hydrogens is 724 g/mol. The van der Waals surface area contributed by atoms with Gasteiger partial charge in [-0.2, -0.15) is 0 Å². The zero-order valence-electron chi connectivity index (χ0n) is 32.2. The number of rotatable bonds is 7. The molecule has 9 rings (SSSR count). The van der Waals surface area contributed by atoms with Crippen LogP contribution in [0.1, 0.15) is 86.4 Å². The van der Waals surface area contributed by atoms with Gasteiger partial charge in [0.25, 0.3) is 0 Å². The predicted octanol–water partition coefficient (Wildman–Crippen LogP) is 3.59. The number of hydrogen-bond donors (Lipinski definition) is 4. The summed E-state index contributed by atoms with van der Waals surface area (Å²) >= 11 is 0. The van der Waals surface area contributed by atoms with Crippen molar-refractivity contribution in [1.82, 2.24) is 0 Å². The number of carbonyl (C=O) groups is 3. The van der Waals surface area contributed by atoms with Gasteiger partial charge >= 0.3 is 11.9 Å². The molecule has 3 aliphatic carbocycles. The van der Waals surface area contributed by atoms with Crippen LogP contribution in [0.15, 0.2) is 60.7 Å². The highest BCUT2D eigenvalue weighted by molar-refractivity contribution is 5.90. The second kappa shape index (κ2) is 14.8. The molecular formula is C43H54O13. The molecule has 15 atom stereocenters. The molecule has 0 aromatic heterocycles. The highest BCUT2D eigenvalue weighted by Crippen LogP contribution is 2.71. The highest BCUT2D eigenvalue weighted by atomic mass is 16.7. The smallest absolute Gasteiger partial charge is 0.338 e. The normalized spacial score (nSPS) is 44.3. The standard InChI is InChI=1S/C43H54O13/c1-24-14-8-4-5-13-19-30(46)54-35-32-36-41(22-44,56-36)39(49)42(50)33(31(24)25(2)34(42)55-38(48)28-17-11-7-12-18-28)43(32)29(20-40(35,26(3)45)52-23-53-43)21-51-37(47)27-15-9-6-10-16-27/h6-7,9-12,15-18,24-25,29-36,39,44,46,49-50H,4-5,8,13-14,19-23H2,1-3H3/t24?,25?,29-,30+,31-,32+,33+,34-,35+,36?,39+,40+,41-,42+,43+/m0/s1. The van der Waals surface area contributed by atoms with E-state index in [2.05, 4.69) is 6.92 Å². The molecule has 2 aromatic carbocycles. The summed E-state index contributed by atoms with van der Waals surface area (Å²) in [6.07, 6.45) is -2.68. The Balaban J connectivity index is 1.36. The van der Waals surface area contributed by atoms with Crippen molar-refractivity contribution >= 4 is 17.7 Å². The Morgan fingerprint density at radius 1 is 0.857 bits per heavy atom. The SMILES string of the molecule is CC(=O)[C@@]12C[C@@H](COC(=O)c3ccccc3)[C@]3(OCO1)[C@@H]1[C@H]4C(C)CCCCCC[C@H](O)O[C@@H]2[C@@H]3C2O[C@]2(CO)[C@@H](O)[C@]1(O)[C@@H](OC(=O)c1ccccc1)C4C. The van der Waals surface area contributed by atoms with Crippen molar-refractivity contribution in [2.75, 3.05) is 20.0 Å². The van der Waals surface area contributed by atoms with Crippen molar-refractivity contribution in [2.24, 2.45) is 35.5 Å². The summed E-state index contributed by atoms with van der Waals surface area (Å²) in [5.41, 5.74) is -6.97. The lowest BCUT2D eigenvalue weighted by Gasteiger charge is -2.59. The number of carbonyl (C=O) groups excluding carboxylic acids is 3. The molecule has 3 saturated carbocycles. The van der Waals surface area contributed by atoms with Crippen molar-refractivity contribution in [2.45, 2.75) is 119 Å². The lowest BCUT2D eigenvalue weighted by molar-refractivity contribution is -0.283. The van der Waals surface area contributed by atoms with Crippen molar-refractivity contribution < 1.29 is 63.2 Å². The van der Waals surface area contributed by atoms with Crippen LogP contribution in [0, 0.1) is 35.5 Å². The van der Waals surface area contributed by atoms with E-state index in [1.807, 2.05) is 6.92 Å². The van der Waals surface area contributed by atoms with Crippen molar-refractivity contribution in [1.29, 1.82) is 0 Å². The number of hydrogen-bond acceptors (Lipinski definition) is 13. The predicted molar refractivity (Wildman–Crippen MR) is 197 cm³/mol. The number of ketones is 1. The number of ether oxygens (including phenoxy) is 6. The molecule has 0 amide bonds. The molecule has 0 radical (unpaired) electrons. The Morgan fingerprint density at radius 2 is 1.50 bits per heavy atom. The van der Waals surface area contributed by atoms with Gasteiger partial charge in [0, 0.05) is 17.8 Å². The Labute approximate surface area is 326 Å². The van der Waals surface area contributed by atoms with Crippen LogP contribution in [-0.2, 0) is 33.2 Å². The average molecular weight is 779 g/mol. The topological polar surface area (TPSA) is 191 Å². The molecule has 304 valence electrons. The fourth-order valence-electron chi connectivity index (χ4n) is 11.8. The maximum absolute atomic E-state index is 14.1. The quantitative estimate of drug-likeness (QED) is 0.236. The fourth-order valence-corrected chi connectivity index (χ4v) is 11.8. The first-order valence-electron chi connectivity index (χ1n) is 20.2. The summed E-state index contributed by atoms with van der Waals surface area (Å²) in [6, 6.07) is 16.9. The van der Waals surface area contributed by atoms with Gasteiger partial charge in [-0.3, -0.25) is 4.79 Å². The number of benzene rings is 2. The van der Waals surface area contributed by atoms with Gasteiger partial charge in [-0.25, -0.2) is 9.59 Å². The second-order valence-corrected chi connectivity index (χ2v) is 17.1. The van der Waals surface area contributed by atoms with E-state index in [1.165, 1.54) is 6.92 Å². The van der Waals surface area contributed by atoms with Crippen molar-refractivity contribution in [3.63, 3.8) is 0 Å². The maximum Gasteiger partial charge on any atom is 0.338 e. The van der Waals surface area contributed by atoms with Crippen molar-refractivity contribution in [3.8, 4) is 0 Å². The zero-order chi connectivity index (χ0) is 39.6. The number of aliphatic hydroxyl groups excluding tert-OH is 3. The van der Waals surface area contributed by atoms with E-state index in [0.717, 1.165) is 25.7 Å². The van der Waals surface area contributed by atoms with Gasteiger partial charge < -0.3 is 48.8 Å². The van der Waals surface area contributed by atoms with Crippen LogP contribution in [0.4, 0.5) is 0 Å². The molecule has 7 aliphatic rings. The molecule has 1 spiro atoms. The third-order valence-corrected chi connectivity index (χ3v) is 14.4. The summed E-state index contributed by atoms with van der Waals surface area (Å²) < 4.78 is 38.9. The van der Waals surface area contributed by atoms with Crippen LogP contribution in [0.5, 0.6) is 0 Å². The van der Waals surface area contributed by atoms with Gasteiger partial charge in [-0.1, -0.05) is 75.9 Å². The number of Topliss-reactive ketones (excluding diaryl/α,β-unsaturated/α-hetero) is 1. The van der Waals surface area contributed by atoms with E-state index in [9.17, 15) is 34.8 Å². The lowest BCUT2D eigenvalue weighted by Crippen LogP contribution is -2.73. The summed E-state index contributed by atoms with van der Waals surface area (Å²) in [6.45, 7) is 3.89. The van der Waals surface area contributed by atoms with Gasteiger partial charge in [0.05, 0.1) is 29.9 Å². The van der Waals surface area contributed by atoms with Gasteiger partial charge in [0.1, 0.15) is 42.4 Å². The minimum absolute atomic E-state index is 0.0935. The Kier molecular flexibility index (Phi) is 10.5. The number of epoxide rings is 1. The Hall–Kier alpha value is -3.27. The Morgan fingerprint density at radius 3 is 2.14 bits per heavy atom. The monoisotopic (exact) mass is 778 g/mol. The first-order chi connectivity index (χ1) is 26.9. The third-order valence-electron chi connectivity index (χ3n) is 14.4. The van der Waals surface area contributed by atoms with Gasteiger partial charge in [0.15, 0.2) is 17.7 Å². The zero-order valence-corrected chi connectivity index (χ0v) is 32.2.